The van der Waals surface area contributed by atoms with Gasteiger partial charge in [0.25, 0.3) is 0 Å². The van der Waals surface area contributed by atoms with E-state index in [1.165, 1.54) is 71.8 Å². The number of rotatable bonds is 7. The Hall–Kier alpha value is -8.20. The largest absolute Gasteiger partial charge is 0.228 e. The summed E-state index contributed by atoms with van der Waals surface area (Å²) >= 11 is 0. The van der Waals surface area contributed by atoms with Crippen molar-refractivity contribution in [2.24, 2.45) is 0 Å². The van der Waals surface area contributed by atoms with E-state index < -0.39 is 5.41 Å². The van der Waals surface area contributed by atoms with Crippen LogP contribution in [0.3, 0.4) is 0 Å². The summed E-state index contributed by atoms with van der Waals surface area (Å²) in [4.78, 5) is 10.4. The lowest BCUT2D eigenvalue weighted by Crippen LogP contribution is -2.28. The monoisotopic (exact) mass is 800 g/mol. The number of aromatic nitrogens is 2. The van der Waals surface area contributed by atoms with Crippen molar-refractivity contribution in [1.82, 2.24) is 9.97 Å². The lowest BCUT2D eigenvalue weighted by Gasteiger charge is -2.33. The first-order valence-corrected chi connectivity index (χ1v) is 21.6. The lowest BCUT2D eigenvalue weighted by atomic mass is 9.67. The molecule has 2 nitrogen and oxygen atoms in total. The Morgan fingerprint density at radius 3 is 1.56 bits per heavy atom. The molecule has 0 atom stereocenters. The second kappa shape index (κ2) is 15.1. The normalized spacial score (nSPS) is 12.6. The number of hydrogen-bond acceptors (Lipinski definition) is 2. The molecule has 1 aromatic heterocycles. The van der Waals surface area contributed by atoms with E-state index in [0.29, 0.717) is 5.82 Å². The van der Waals surface area contributed by atoms with Crippen molar-refractivity contribution in [1.29, 1.82) is 0 Å². The molecule has 0 aliphatic heterocycles. The highest BCUT2D eigenvalue weighted by atomic mass is 14.9. The van der Waals surface area contributed by atoms with Crippen molar-refractivity contribution in [2.75, 3.05) is 0 Å². The standard InChI is InChI=1S/C61H40N2/c1-4-17-44(18-5-1)60-62-58(47-33-30-41-16-10-11-19-45(41)38-47)40-59(63-60)54-36-35-50(51-24-12-13-25-52(51)54)43-31-28-42(29-32-43)46-34-37-57-55(39-46)53-26-14-15-27-56(53)61(57,48-20-6-2-7-21-48)49-22-8-3-9-23-49/h1-40H. The van der Waals surface area contributed by atoms with Gasteiger partial charge in [0.15, 0.2) is 5.82 Å². The highest BCUT2D eigenvalue weighted by molar-refractivity contribution is 6.05. The average Bonchev–Trinajstić information content (AvgIpc) is 3.67. The summed E-state index contributed by atoms with van der Waals surface area (Å²) in [7, 11) is 0. The predicted octanol–water partition coefficient (Wildman–Crippen LogP) is 15.5. The number of benzene rings is 10. The van der Waals surface area contributed by atoms with E-state index in [2.05, 4.69) is 224 Å². The summed E-state index contributed by atoms with van der Waals surface area (Å²) < 4.78 is 0. The van der Waals surface area contributed by atoms with Gasteiger partial charge < -0.3 is 0 Å². The SMILES string of the molecule is c1ccc(-c2nc(-c3ccc4ccccc4c3)cc(-c3ccc(-c4ccc(-c5ccc6c(c5)-c5ccccc5C6(c5ccccc5)c5ccccc5)cc4)c4ccccc34)n2)cc1. The molecule has 2 heteroatoms. The van der Waals surface area contributed by atoms with Crippen LogP contribution in [0.2, 0.25) is 0 Å². The van der Waals surface area contributed by atoms with Crippen molar-refractivity contribution in [2.45, 2.75) is 5.41 Å². The van der Waals surface area contributed by atoms with Crippen LogP contribution in [0, 0.1) is 0 Å². The molecule has 0 unspecified atom stereocenters. The van der Waals surface area contributed by atoms with Gasteiger partial charge in [-0.05, 0) is 95.4 Å². The molecule has 0 N–H and O–H groups in total. The predicted molar refractivity (Wildman–Crippen MR) is 262 cm³/mol. The van der Waals surface area contributed by atoms with Crippen LogP contribution in [0.5, 0.6) is 0 Å². The molecule has 1 aliphatic rings. The van der Waals surface area contributed by atoms with Crippen molar-refractivity contribution in [3.05, 3.63) is 265 Å². The van der Waals surface area contributed by atoms with Gasteiger partial charge in [-0.1, -0.05) is 224 Å². The first kappa shape index (κ1) is 36.6. The van der Waals surface area contributed by atoms with E-state index in [0.717, 1.165) is 33.5 Å². The Kier molecular flexibility index (Phi) is 8.76. The molecule has 0 saturated heterocycles. The number of hydrogen-bond donors (Lipinski definition) is 0. The fourth-order valence-corrected chi connectivity index (χ4v) is 10.0. The van der Waals surface area contributed by atoms with Crippen LogP contribution in [0.25, 0.3) is 88.8 Å². The molecule has 294 valence electrons. The smallest absolute Gasteiger partial charge is 0.160 e. The third-order valence-electron chi connectivity index (χ3n) is 13.0. The molecule has 1 aliphatic carbocycles. The summed E-state index contributed by atoms with van der Waals surface area (Å²) in [6, 6.07) is 87.8. The Labute approximate surface area is 367 Å². The molecular formula is C61H40N2. The Morgan fingerprint density at radius 1 is 0.270 bits per heavy atom. The molecule has 10 aromatic carbocycles. The highest BCUT2D eigenvalue weighted by Gasteiger charge is 2.45. The van der Waals surface area contributed by atoms with Gasteiger partial charge in [-0.2, -0.15) is 0 Å². The summed E-state index contributed by atoms with van der Waals surface area (Å²) in [6.07, 6.45) is 0. The molecular weight excluding hydrogens is 761 g/mol. The molecule has 0 amide bonds. The van der Waals surface area contributed by atoms with Crippen molar-refractivity contribution in [3.8, 4) is 67.3 Å². The molecule has 0 radical (unpaired) electrons. The lowest BCUT2D eigenvalue weighted by molar-refractivity contribution is 0.768. The third-order valence-corrected chi connectivity index (χ3v) is 13.0. The van der Waals surface area contributed by atoms with E-state index in [4.69, 9.17) is 9.97 Å². The fraction of sp³-hybridized carbons (Fsp3) is 0.0164. The Bertz CT molecular complexity index is 3440. The van der Waals surface area contributed by atoms with Crippen molar-refractivity contribution in [3.63, 3.8) is 0 Å². The van der Waals surface area contributed by atoms with E-state index in [1.54, 1.807) is 0 Å². The fourth-order valence-electron chi connectivity index (χ4n) is 10.0. The number of nitrogens with zero attached hydrogens (tertiary/aromatic N) is 2. The van der Waals surface area contributed by atoms with Crippen LogP contribution < -0.4 is 0 Å². The van der Waals surface area contributed by atoms with Crippen LogP contribution in [0.1, 0.15) is 22.3 Å². The molecule has 11 aromatic rings. The molecule has 1 heterocycles. The zero-order valence-corrected chi connectivity index (χ0v) is 34.5. The van der Waals surface area contributed by atoms with Crippen LogP contribution in [0.15, 0.2) is 243 Å². The van der Waals surface area contributed by atoms with Crippen LogP contribution in [-0.4, -0.2) is 9.97 Å². The molecule has 63 heavy (non-hydrogen) atoms. The van der Waals surface area contributed by atoms with Gasteiger partial charge >= 0.3 is 0 Å². The minimum absolute atomic E-state index is 0.406. The van der Waals surface area contributed by atoms with E-state index in [9.17, 15) is 0 Å². The summed E-state index contributed by atoms with van der Waals surface area (Å²) in [5, 5.41) is 4.73. The van der Waals surface area contributed by atoms with Gasteiger partial charge in [-0.3, -0.25) is 0 Å². The molecule has 0 bridgehead atoms. The Balaban J connectivity index is 0.938. The Morgan fingerprint density at radius 2 is 0.810 bits per heavy atom. The van der Waals surface area contributed by atoms with Crippen molar-refractivity contribution < 1.29 is 0 Å². The zero-order valence-electron chi connectivity index (χ0n) is 34.5. The highest BCUT2D eigenvalue weighted by Crippen LogP contribution is 2.56. The topological polar surface area (TPSA) is 25.8 Å². The minimum Gasteiger partial charge on any atom is -0.228 e. The van der Waals surface area contributed by atoms with Crippen molar-refractivity contribution >= 4 is 21.5 Å². The maximum Gasteiger partial charge on any atom is 0.160 e. The number of fused-ring (bicyclic) bond motifs is 5. The van der Waals surface area contributed by atoms with Gasteiger partial charge in [-0.25, -0.2) is 9.97 Å². The minimum atomic E-state index is -0.406. The second-order valence-corrected chi connectivity index (χ2v) is 16.5. The molecule has 0 spiro atoms. The van der Waals surface area contributed by atoms with Crippen LogP contribution in [0.4, 0.5) is 0 Å². The average molecular weight is 801 g/mol. The van der Waals surface area contributed by atoms with E-state index >= 15 is 0 Å². The van der Waals surface area contributed by atoms with Crippen LogP contribution in [-0.2, 0) is 5.41 Å². The van der Waals surface area contributed by atoms with Gasteiger partial charge in [0.1, 0.15) is 0 Å². The zero-order chi connectivity index (χ0) is 41.7. The van der Waals surface area contributed by atoms with E-state index in [-0.39, 0.29) is 0 Å². The first-order valence-electron chi connectivity index (χ1n) is 21.6. The quantitative estimate of drug-likeness (QED) is 0.160. The van der Waals surface area contributed by atoms with Gasteiger partial charge in [-0.15, -0.1) is 0 Å². The maximum absolute atomic E-state index is 5.23. The van der Waals surface area contributed by atoms with Crippen LogP contribution >= 0.6 is 0 Å². The third kappa shape index (κ3) is 6.10. The summed E-state index contributed by atoms with van der Waals surface area (Å²) in [5.74, 6) is 0.709. The van der Waals surface area contributed by atoms with Gasteiger partial charge in [0.05, 0.1) is 16.8 Å². The first-order chi connectivity index (χ1) is 31.2. The maximum atomic E-state index is 5.23. The van der Waals surface area contributed by atoms with Gasteiger partial charge in [0, 0.05) is 16.7 Å². The second-order valence-electron chi connectivity index (χ2n) is 16.5. The summed E-state index contributed by atoms with van der Waals surface area (Å²) in [5.41, 5.74) is 17.0. The van der Waals surface area contributed by atoms with E-state index in [1.807, 2.05) is 18.2 Å². The van der Waals surface area contributed by atoms with Gasteiger partial charge in [0.2, 0.25) is 0 Å². The molecule has 0 saturated carbocycles. The summed E-state index contributed by atoms with van der Waals surface area (Å²) in [6.45, 7) is 0. The molecule has 0 fully saturated rings. The molecule has 12 rings (SSSR count).